The molecule has 1 unspecified atom stereocenters. The molecule has 2 aromatic rings. The van der Waals surface area contributed by atoms with Crippen molar-refractivity contribution in [3.63, 3.8) is 0 Å². The Morgan fingerprint density at radius 2 is 2.17 bits per heavy atom. The Morgan fingerprint density at radius 1 is 1.33 bits per heavy atom. The maximum absolute atomic E-state index is 13.6. The minimum absolute atomic E-state index is 0.223. The van der Waals surface area contributed by atoms with E-state index in [9.17, 15) is 4.39 Å². The van der Waals surface area contributed by atoms with Crippen LogP contribution < -0.4 is 4.74 Å². The molecule has 0 radical (unpaired) electrons. The van der Waals surface area contributed by atoms with Crippen LogP contribution in [0.3, 0.4) is 0 Å². The first-order valence-corrected chi connectivity index (χ1v) is 6.01. The quantitative estimate of drug-likeness (QED) is 0.786. The number of ether oxygens (including phenoxy) is 1. The minimum atomic E-state index is -0.401. The van der Waals surface area contributed by atoms with E-state index in [0.29, 0.717) is 6.42 Å². The van der Waals surface area contributed by atoms with Crippen molar-refractivity contribution in [3.8, 4) is 5.75 Å². The van der Waals surface area contributed by atoms with E-state index in [2.05, 4.69) is 4.98 Å². The summed E-state index contributed by atoms with van der Waals surface area (Å²) in [7, 11) is 1.43. The van der Waals surface area contributed by atoms with Crippen molar-refractivity contribution in [2.45, 2.75) is 11.8 Å². The molecule has 1 heterocycles. The van der Waals surface area contributed by atoms with Crippen LogP contribution in [0.5, 0.6) is 5.75 Å². The molecular formula is C14H13ClFNO. The molecular weight excluding hydrogens is 253 g/mol. The lowest BCUT2D eigenvalue weighted by molar-refractivity contribution is 0.386. The number of nitrogens with zero attached hydrogens (tertiary/aromatic N) is 1. The maximum atomic E-state index is 13.6. The SMILES string of the molecule is COc1ccc(C(Cl)Cc2ccccn2)cc1F. The van der Waals surface area contributed by atoms with Crippen molar-refractivity contribution in [1.29, 1.82) is 0 Å². The molecule has 1 aromatic heterocycles. The fraction of sp³-hybridized carbons (Fsp3) is 0.214. The summed E-state index contributed by atoms with van der Waals surface area (Å²) in [5.74, 6) is -0.179. The zero-order valence-corrected chi connectivity index (χ0v) is 10.7. The molecule has 0 aliphatic rings. The van der Waals surface area contributed by atoms with Gasteiger partial charge in [-0.25, -0.2) is 4.39 Å². The van der Waals surface area contributed by atoms with Crippen molar-refractivity contribution in [2.24, 2.45) is 0 Å². The highest BCUT2D eigenvalue weighted by Gasteiger charge is 2.12. The fourth-order valence-corrected chi connectivity index (χ4v) is 1.99. The van der Waals surface area contributed by atoms with Gasteiger partial charge in [-0.3, -0.25) is 4.98 Å². The van der Waals surface area contributed by atoms with E-state index in [0.717, 1.165) is 11.3 Å². The normalized spacial score (nSPS) is 12.2. The van der Waals surface area contributed by atoms with Crippen LogP contribution in [-0.2, 0) is 6.42 Å². The summed E-state index contributed by atoms with van der Waals surface area (Å²) < 4.78 is 18.4. The molecule has 0 spiro atoms. The molecule has 2 nitrogen and oxygen atoms in total. The van der Waals surface area contributed by atoms with Gasteiger partial charge >= 0.3 is 0 Å². The number of benzene rings is 1. The van der Waals surface area contributed by atoms with Gasteiger partial charge in [-0.05, 0) is 29.8 Å². The third-order valence-corrected chi connectivity index (χ3v) is 3.06. The molecule has 0 fully saturated rings. The first kappa shape index (κ1) is 12.8. The number of pyridine rings is 1. The second-order valence-corrected chi connectivity index (χ2v) is 4.41. The van der Waals surface area contributed by atoms with Gasteiger partial charge in [-0.2, -0.15) is 0 Å². The van der Waals surface area contributed by atoms with E-state index in [1.165, 1.54) is 13.2 Å². The average Bonchev–Trinajstić information content (AvgIpc) is 2.39. The third kappa shape index (κ3) is 2.99. The molecule has 0 aliphatic carbocycles. The maximum Gasteiger partial charge on any atom is 0.165 e. The Labute approximate surface area is 110 Å². The Hall–Kier alpha value is -1.61. The Balaban J connectivity index is 2.14. The van der Waals surface area contributed by atoms with Gasteiger partial charge in [-0.15, -0.1) is 11.6 Å². The zero-order chi connectivity index (χ0) is 13.0. The highest BCUT2D eigenvalue weighted by molar-refractivity contribution is 6.20. The lowest BCUT2D eigenvalue weighted by atomic mass is 10.1. The van der Waals surface area contributed by atoms with Crippen LogP contribution in [0.4, 0.5) is 4.39 Å². The summed E-state index contributed by atoms with van der Waals surface area (Å²) in [6, 6.07) is 10.4. The van der Waals surface area contributed by atoms with Crippen LogP contribution in [0.25, 0.3) is 0 Å². The molecule has 18 heavy (non-hydrogen) atoms. The van der Waals surface area contributed by atoms with Crippen molar-refractivity contribution in [1.82, 2.24) is 4.98 Å². The summed E-state index contributed by atoms with van der Waals surface area (Å²) in [5, 5.41) is -0.305. The first-order valence-electron chi connectivity index (χ1n) is 5.58. The Morgan fingerprint density at radius 3 is 2.78 bits per heavy atom. The summed E-state index contributed by atoms with van der Waals surface area (Å²) in [4.78, 5) is 4.20. The molecule has 4 heteroatoms. The molecule has 0 saturated carbocycles. The topological polar surface area (TPSA) is 22.1 Å². The van der Waals surface area contributed by atoms with Crippen LogP contribution in [-0.4, -0.2) is 12.1 Å². The van der Waals surface area contributed by atoms with Crippen molar-refractivity contribution < 1.29 is 9.13 Å². The molecule has 94 valence electrons. The van der Waals surface area contributed by atoms with Gasteiger partial charge in [0.25, 0.3) is 0 Å². The van der Waals surface area contributed by atoms with Gasteiger partial charge in [0.1, 0.15) is 0 Å². The lowest BCUT2D eigenvalue weighted by Crippen LogP contribution is -1.99. The number of methoxy groups -OCH3 is 1. The predicted molar refractivity (Wildman–Crippen MR) is 69.5 cm³/mol. The van der Waals surface area contributed by atoms with Gasteiger partial charge in [0.2, 0.25) is 0 Å². The molecule has 0 bridgehead atoms. The van der Waals surface area contributed by atoms with Gasteiger partial charge in [0.05, 0.1) is 12.5 Å². The van der Waals surface area contributed by atoms with Crippen molar-refractivity contribution >= 4 is 11.6 Å². The molecule has 0 amide bonds. The largest absolute Gasteiger partial charge is 0.494 e. The molecule has 1 atom stereocenters. The smallest absolute Gasteiger partial charge is 0.165 e. The van der Waals surface area contributed by atoms with Crippen LogP contribution in [0.2, 0.25) is 0 Å². The average molecular weight is 266 g/mol. The molecule has 0 aliphatic heterocycles. The first-order chi connectivity index (χ1) is 8.70. The second kappa shape index (κ2) is 5.83. The molecule has 2 rings (SSSR count). The van der Waals surface area contributed by atoms with E-state index in [-0.39, 0.29) is 11.1 Å². The van der Waals surface area contributed by atoms with E-state index in [4.69, 9.17) is 16.3 Å². The number of hydrogen-bond donors (Lipinski definition) is 0. The Bertz CT molecular complexity index is 518. The van der Waals surface area contributed by atoms with Gasteiger partial charge in [-0.1, -0.05) is 12.1 Å². The summed E-state index contributed by atoms with van der Waals surface area (Å²) in [6.07, 6.45) is 2.28. The lowest BCUT2D eigenvalue weighted by Gasteiger charge is -2.10. The van der Waals surface area contributed by atoms with E-state index >= 15 is 0 Å². The number of alkyl halides is 1. The molecule has 0 saturated heterocycles. The zero-order valence-electron chi connectivity index (χ0n) is 9.94. The van der Waals surface area contributed by atoms with Crippen LogP contribution in [0.15, 0.2) is 42.6 Å². The fourth-order valence-electron chi connectivity index (χ4n) is 1.70. The van der Waals surface area contributed by atoms with E-state index in [1.807, 2.05) is 18.2 Å². The Kier molecular flexibility index (Phi) is 4.15. The highest BCUT2D eigenvalue weighted by Crippen LogP contribution is 2.28. The summed E-state index contributed by atoms with van der Waals surface area (Å²) in [5.41, 5.74) is 1.61. The van der Waals surface area contributed by atoms with E-state index in [1.54, 1.807) is 18.3 Å². The third-order valence-electron chi connectivity index (χ3n) is 2.65. The van der Waals surface area contributed by atoms with Gasteiger partial charge in [0, 0.05) is 18.3 Å². The van der Waals surface area contributed by atoms with Crippen LogP contribution >= 0.6 is 11.6 Å². The molecule has 1 aromatic carbocycles. The summed E-state index contributed by atoms with van der Waals surface area (Å²) >= 11 is 6.26. The second-order valence-electron chi connectivity index (χ2n) is 3.89. The van der Waals surface area contributed by atoms with Crippen LogP contribution in [0.1, 0.15) is 16.6 Å². The number of aromatic nitrogens is 1. The standard InChI is InChI=1S/C14H13ClFNO/c1-18-14-6-5-10(8-13(14)16)12(15)9-11-4-2-3-7-17-11/h2-8,12H,9H2,1H3. The minimum Gasteiger partial charge on any atom is -0.494 e. The predicted octanol–water partition coefficient (Wildman–Crippen LogP) is 3.75. The monoisotopic (exact) mass is 265 g/mol. The number of halogens is 2. The van der Waals surface area contributed by atoms with Crippen LogP contribution in [0, 0.1) is 5.82 Å². The van der Waals surface area contributed by atoms with Gasteiger partial charge in [0.15, 0.2) is 11.6 Å². The number of hydrogen-bond acceptors (Lipinski definition) is 2. The van der Waals surface area contributed by atoms with Gasteiger partial charge < -0.3 is 4.74 Å². The molecule has 0 N–H and O–H groups in total. The van der Waals surface area contributed by atoms with E-state index < -0.39 is 5.82 Å². The van der Waals surface area contributed by atoms with Crippen molar-refractivity contribution in [3.05, 3.63) is 59.7 Å². The van der Waals surface area contributed by atoms with Crippen molar-refractivity contribution in [2.75, 3.05) is 7.11 Å². The summed E-state index contributed by atoms with van der Waals surface area (Å²) in [6.45, 7) is 0. The number of rotatable bonds is 4. The highest BCUT2D eigenvalue weighted by atomic mass is 35.5.